The fourth-order valence-corrected chi connectivity index (χ4v) is 4.35. The Labute approximate surface area is 172 Å². The van der Waals surface area contributed by atoms with Crippen molar-refractivity contribution in [3.8, 4) is 0 Å². The first-order chi connectivity index (χ1) is 13.7. The van der Waals surface area contributed by atoms with Crippen molar-refractivity contribution in [3.05, 3.63) is 65.5 Å². The van der Waals surface area contributed by atoms with E-state index in [1.807, 2.05) is 0 Å². The number of thioether (sulfide) groups is 1. The molecule has 0 saturated carbocycles. The summed E-state index contributed by atoms with van der Waals surface area (Å²) in [6, 6.07) is 6.20. The molecule has 0 bridgehead atoms. The van der Waals surface area contributed by atoms with Crippen molar-refractivity contribution in [2.24, 2.45) is 0 Å². The Hall–Kier alpha value is -2.04. The SMILES string of the molecule is CSCCC(NS(=O)(=O)c1ccccc1F)C(=O)NC(C)c1ccc(F)c(F)c1. The molecule has 0 heterocycles. The quantitative estimate of drug-likeness (QED) is 0.619. The van der Waals surface area contributed by atoms with E-state index >= 15 is 0 Å². The molecule has 0 fully saturated rings. The topological polar surface area (TPSA) is 75.3 Å². The molecule has 2 atom stereocenters. The number of hydrogen-bond donors (Lipinski definition) is 2. The highest BCUT2D eigenvalue weighted by Crippen LogP contribution is 2.18. The number of hydrogen-bond acceptors (Lipinski definition) is 4. The lowest BCUT2D eigenvalue weighted by molar-refractivity contribution is -0.123. The van der Waals surface area contributed by atoms with Crippen molar-refractivity contribution in [3.63, 3.8) is 0 Å². The maximum atomic E-state index is 13.9. The van der Waals surface area contributed by atoms with Crippen LogP contribution in [-0.2, 0) is 14.8 Å². The molecule has 0 aromatic heterocycles. The van der Waals surface area contributed by atoms with Crippen LogP contribution >= 0.6 is 11.8 Å². The minimum atomic E-state index is -4.28. The van der Waals surface area contributed by atoms with E-state index in [0.717, 1.165) is 24.3 Å². The first kappa shape index (κ1) is 23.2. The van der Waals surface area contributed by atoms with Crippen molar-refractivity contribution in [2.75, 3.05) is 12.0 Å². The van der Waals surface area contributed by atoms with Gasteiger partial charge in [0, 0.05) is 0 Å². The largest absolute Gasteiger partial charge is 0.348 e. The molecule has 2 N–H and O–H groups in total. The Balaban J connectivity index is 2.19. The Bertz CT molecular complexity index is 971. The fraction of sp³-hybridized carbons (Fsp3) is 0.316. The molecule has 1 amide bonds. The van der Waals surface area contributed by atoms with Crippen molar-refractivity contribution in [1.82, 2.24) is 10.0 Å². The van der Waals surface area contributed by atoms with Gasteiger partial charge in [0.25, 0.3) is 0 Å². The van der Waals surface area contributed by atoms with Gasteiger partial charge < -0.3 is 5.32 Å². The zero-order chi connectivity index (χ0) is 21.6. The molecule has 0 saturated heterocycles. The summed E-state index contributed by atoms with van der Waals surface area (Å²) in [6.45, 7) is 1.56. The first-order valence-corrected chi connectivity index (χ1v) is 11.5. The maximum Gasteiger partial charge on any atom is 0.244 e. The second kappa shape index (κ2) is 10.1. The molecule has 0 aliphatic heterocycles. The van der Waals surface area contributed by atoms with Gasteiger partial charge >= 0.3 is 0 Å². The van der Waals surface area contributed by atoms with Gasteiger partial charge in [-0.25, -0.2) is 21.6 Å². The lowest BCUT2D eigenvalue weighted by Crippen LogP contribution is -2.47. The third-order valence-electron chi connectivity index (χ3n) is 4.15. The van der Waals surface area contributed by atoms with Gasteiger partial charge in [-0.05, 0) is 55.2 Å². The van der Waals surface area contributed by atoms with Gasteiger partial charge in [0.1, 0.15) is 16.8 Å². The summed E-state index contributed by atoms with van der Waals surface area (Å²) in [6.07, 6.45) is 1.95. The van der Waals surface area contributed by atoms with Crippen LogP contribution in [0.5, 0.6) is 0 Å². The number of rotatable bonds is 9. The van der Waals surface area contributed by atoms with Crippen LogP contribution in [0.15, 0.2) is 47.4 Å². The third-order valence-corrected chi connectivity index (χ3v) is 6.30. The predicted molar refractivity (Wildman–Crippen MR) is 106 cm³/mol. The van der Waals surface area contributed by atoms with Crippen LogP contribution in [0.4, 0.5) is 13.2 Å². The normalized spacial score (nSPS) is 13.7. The maximum absolute atomic E-state index is 13.9. The number of benzene rings is 2. The number of carbonyl (C=O) groups is 1. The van der Waals surface area contributed by atoms with Crippen molar-refractivity contribution in [1.29, 1.82) is 0 Å². The summed E-state index contributed by atoms with van der Waals surface area (Å²) in [7, 11) is -4.28. The number of carbonyl (C=O) groups excluding carboxylic acids is 1. The minimum Gasteiger partial charge on any atom is -0.348 e. The number of nitrogens with one attached hydrogen (secondary N) is 2. The van der Waals surface area contributed by atoms with E-state index in [4.69, 9.17) is 0 Å². The summed E-state index contributed by atoms with van der Waals surface area (Å²) in [4.78, 5) is 12.1. The van der Waals surface area contributed by atoms with Crippen molar-refractivity contribution >= 4 is 27.7 Å². The molecule has 0 spiro atoms. The monoisotopic (exact) mass is 446 g/mol. The summed E-state index contributed by atoms with van der Waals surface area (Å²) >= 11 is 1.41. The Morgan fingerprint density at radius 3 is 2.38 bits per heavy atom. The van der Waals surface area contributed by atoms with Crippen molar-refractivity contribution < 1.29 is 26.4 Å². The molecule has 0 aliphatic carbocycles. The van der Waals surface area contributed by atoms with Crippen LogP contribution in [0.3, 0.4) is 0 Å². The lowest BCUT2D eigenvalue weighted by Gasteiger charge is -2.21. The summed E-state index contributed by atoms with van der Waals surface area (Å²) in [5.74, 6) is -3.18. The van der Waals surface area contributed by atoms with E-state index in [0.29, 0.717) is 11.3 Å². The van der Waals surface area contributed by atoms with Gasteiger partial charge in [0.15, 0.2) is 11.6 Å². The minimum absolute atomic E-state index is 0.158. The second-order valence-corrected chi connectivity index (χ2v) is 8.96. The lowest BCUT2D eigenvalue weighted by atomic mass is 10.1. The van der Waals surface area contributed by atoms with Crippen LogP contribution < -0.4 is 10.0 Å². The summed E-state index contributed by atoms with van der Waals surface area (Å²) in [5.41, 5.74) is 0.317. The van der Waals surface area contributed by atoms with Gasteiger partial charge in [-0.3, -0.25) is 4.79 Å². The van der Waals surface area contributed by atoms with Crippen LogP contribution in [-0.4, -0.2) is 32.4 Å². The molecule has 0 aliphatic rings. The second-order valence-electron chi connectivity index (χ2n) is 6.29. The molecular formula is C19H21F3N2O3S2. The molecule has 158 valence electrons. The van der Waals surface area contributed by atoms with Gasteiger partial charge in [-0.1, -0.05) is 18.2 Å². The van der Waals surface area contributed by atoms with Crippen LogP contribution in [0, 0.1) is 17.5 Å². The summed E-state index contributed by atoms with van der Waals surface area (Å²) in [5, 5.41) is 2.58. The van der Waals surface area contributed by atoms with Gasteiger partial charge in [0.05, 0.1) is 6.04 Å². The number of sulfonamides is 1. The van der Waals surface area contributed by atoms with E-state index < -0.39 is 50.4 Å². The molecule has 10 heteroatoms. The molecular weight excluding hydrogens is 425 g/mol. The van der Waals surface area contributed by atoms with Crippen LogP contribution in [0.2, 0.25) is 0 Å². The highest BCUT2D eigenvalue weighted by molar-refractivity contribution is 7.98. The Kier molecular flexibility index (Phi) is 8.12. The van der Waals surface area contributed by atoms with Crippen LogP contribution in [0.25, 0.3) is 0 Å². The van der Waals surface area contributed by atoms with E-state index in [-0.39, 0.29) is 6.42 Å². The van der Waals surface area contributed by atoms with E-state index in [1.54, 1.807) is 13.2 Å². The van der Waals surface area contributed by atoms with Crippen molar-refractivity contribution in [2.45, 2.75) is 30.3 Å². The number of amides is 1. The smallest absolute Gasteiger partial charge is 0.244 e. The highest BCUT2D eigenvalue weighted by atomic mass is 32.2. The third kappa shape index (κ3) is 6.22. The highest BCUT2D eigenvalue weighted by Gasteiger charge is 2.28. The fourth-order valence-electron chi connectivity index (χ4n) is 2.57. The first-order valence-electron chi connectivity index (χ1n) is 8.67. The van der Waals surface area contributed by atoms with Gasteiger partial charge in [0.2, 0.25) is 15.9 Å². The molecule has 5 nitrogen and oxygen atoms in total. The molecule has 2 aromatic rings. The average molecular weight is 447 g/mol. The van der Waals surface area contributed by atoms with E-state index in [2.05, 4.69) is 10.0 Å². The summed E-state index contributed by atoms with van der Waals surface area (Å²) < 4.78 is 67.7. The molecule has 2 rings (SSSR count). The van der Waals surface area contributed by atoms with E-state index in [1.165, 1.54) is 30.0 Å². The standard InChI is InChI=1S/C19H21F3N2O3S2/c1-12(13-7-8-14(20)16(22)11-13)23-19(25)17(9-10-28-2)24-29(26,27)18-6-4-3-5-15(18)21/h3-8,11-12,17,24H,9-10H2,1-2H3,(H,23,25). The van der Waals surface area contributed by atoms with Gasteiger partial charge in [-0.15, -0.1) is 0 Å². The Morgan fingerprint density at radius 2 is 1.76 bits per heavy atom. The molecule has 2 unspecified atom stereocenters. The molecule has 2 aromatic carbocycles. The van der Waals surface area contributed by atoms with Gasteiger partial charge in [-0.2, -0.15) is 16.5 Å². The average Bonchev–Trinajstić information content (AvgIpc) is 2.67. The zero-order valence-corrected chi connectivity index (χ0v) is 17.4. The molecule has 0 radical (unpaired) electrons. The zero-order valence-electron chi connectivity index (χ0n) is 15.8. The predicted octanol–water partition coefficient (Wildman–Crippen LogP) is 3.38. The number of halogens is 3. The Morgan fingerprint density at radius 1 is 1.07 bits per heavy atom. The van der Waals surface area contributed by atoms with E-state index in [9.17, 15) is 26.4 Å². The van der Waals surface area contributed by atoms with Crippen LogP contribution in [0.1, 0.15) is 24.9 Å². The molecule has 29 heavy (non-hydrogen) atoms.